The molecule has 1 fully saturated rings. The first-order valence-electron chi connectivity index (χ1n) is 9.83. The molecule has 2 amide bonds. The second kappa shape index (κ2) is 8.50. The zero-order valence-corrected chi connectivity index (χ0v) is 15.4. The van der Waals surface area contributed by atoms with Crippen molar-refractivity contribution >= 4 is 11.8 Å². The fourth-order valence-corrected chi connectivity index (χ4v) is 3.97. The molecule has 1 aromatic carbocycles. The van der Waals surface area contributed by atoms with Crippen molar-refractivity contribution in [1.29, 1.82) is 0 Å². The maximum absolute atomic E-state index is 12.6. The number of hydrogen-bond donors (Lipinski definition) is 1. The molecular weight excluding hydrogens is 312 g/mol. The van der Waals surface area contributed by atoms with Gasteiger partial charge in [-0.05, 0) is 61.6 Å². The Bertz CT molecular complexity index is 618. The molecule has 1 aliphatic heterocycles. The number of amides is 2. The summed E-state index contributed by atoms with van der Waals surface area (Å²) < 4.78 is 0. The molecule has 1 aliphatic carbocycles. The van der Waals surface area contributed by atoms with Crippen LogP contribution in [-0.4, -0.2) is 36.3 Å². The molecule has 1 N–H and O–H groups in total. The predicted octanol–water partition coefficient (Wildman–Crippen LogP) is 2.87. The third-order valence-corrected chi connectivity index (χ3v) is 5.54. The molecule has 4 heteroatoms. The minimum Gasteiger partial charge on any atom is -0.356 e. The molecule has 0 aromatic heterocycles. The smallest absolute Gasteiger partial charge is 0.226 e. The second-order valence-electron chi connectivity index (χ2n) is 7.43. The summed E-state index contributed by atoms with van der Waals surface area (Å²) in [5.74, 6) is 0.422. The van der Waals surface area contributed by atoms with Crippen molar-refractivity contribution in [3.63, 3.8) is 0 Å². The van der Waals surface area contributed by atoms with E-state index < -0.39 is 0 Å². The number of rotatable bonds is 5. The van der Waals surface area contributed by atoms with E-state index in [0.29, 0.717) is 19.5 Å². The average molecular weight is 342 g/mol. The highest BCUT2D eigenvalue weighted by molar-refractivity contribution is 5.81. The second-order valence-corrected chi connectivity index (χ2v) is 7.43. The fourth-order valence-electron chi connectivity index (χ4n) is 3.97. The summed E-state index contributed by atoms with van der Waals surface area (Å²) in [7, 11) is 0. The highest BCUT2D eigenvalue weighted by atomic mass is 16.2. The first-order valence-corrected chi connectivity index (χ1v) is 9.83. The molecular formula is C21H30N2O2. The molecule has 1 aromatic rings. The van der Waals surface area contributed by atoms with E-state index in [2.05, 4.69) is 30.4 Å². The van der Waals surface area contributed by atoms with Crippen LogP contribution in [0.25, 0.3) is 0 Å². The lowest BCUT2D eigenvalue weighted by Crippen LogP contribution is -2.43. The van der Waals surface area contributed by atoms with E-state index in [1.54, 1.807) is 0 Å². The monoisotopic (exact) mass is 342 g/mol. The molecule has 3 rings (SSSR count). The number of nitrogens with one attached hydrogen (secondary N) is 1. The van der Waals surface area contributed by atoms with E-state index in [9.17, 15) is 9.59 Å². The van der Waals surface area contributed by atoms with Gasteiger partial charge in [0.15, 0.2) is 0 Å². The highest BCUT2D eigenvalue weighted by Crippen LogP contribution is 2.23. The Kier molecular flexibility index (Phi) is 6.11. The van der Waals surface area contributed by atoms with Crippen molar-refractivity contribution < 1.29 is 9.59 Å². The van der Waals surface area contributed by atoms with Crippen molar-refractivity contribution in [3.05, 3.63) is 34.9 Å². The Balaban J connectivity index is 1.50. The Hall–Kier alpha value is -1.84. The van der Waals surface area contributed by atoms with Gasteiger partial charge in [-0.2, -0.15) is 0 Å². The maximum atomic E-state index is 12.6. The van der Waals surface area contributed by atoms with Crippen molar-refractivity contribution in [3.8, 4) is 0 Å². The highest BCUT2D eigenvalue weighted by Gasteiger charge is 2.27. The lowest BCUT2D eigenvalue weighted by Gasteiger charge is -2.31. The van der Waals surface area contributed by atoms with Crippen molar-refractivity contribution in [2.24, 2.45) is 5.92 Å². The molecule has 4 nitrogen and oxygen atoms in total. The number of likely N-dealkylation sites (tertiary alicyclic amines) is 1. The standard InChI is InChI=1S/C21H30N2O2/c1-2-11-22-21(25)18-9-12-23(13-10-18)20(24)15-16-7-8-17-5-3-4-6-19(17)14-16/h7-8,14,18H,2-6,9-13,15H2,1H3,(H,22,25). The van der Waals surface area contributed by atoms with Gasteiger partial charge in [-0.1, -0.05) is 25.1 Å². The molecule has 0 atom stereocenters. The predicted molar refractivity (Wildman–Crippen MR) is 99.4 cm³/mol. The van der Waals surface area contributed by atoms with Crippen molar-refractivity contribution in [1.82, 2.24) is 10.2 Å². The molecule has 136 valence electrons. The first-order chi connectivity index (χ1) is 12.2. The molecule has 2 aliphatic rings. The molecule has 0 bridgehead atoms. The van der Waals surface area contributed by atoms with Gasteiger partial charge in [-0.3, -0.25) is 9.59 Å². The summed E-state index contributed by atoms with van der Waals surface area (Å²) in [5, 5.41) is 2.97. The number of benzene rings is 1. The van der Waals surface area contributed by atoms with Gasteiger partial charge < -0.3 is 10.2 Å². The molecule has 0 saturated carbocycles. The SMILES string of the molecule is CCCNC(=O)C1CCN(C(=O)Cc2ccc3c(c2)CCCC3)CC1. The summed E-state index contributed by atoms with van der Waals surface area (Å²) in [6.07, 6.45) is 7.89. The third kappa shape index (κ3) is 4.62. The Morgan fingerprint density at radius 2 is 1.84 bits per heavy atom. The topological polar surface area (TPSA) is 49.4 Å². The van der Waals surface area contributed by atoms with Crippen LogP contribution >= 0.6 is 0 Å². The van der Waals surface area contributed by atoms with Gasteiger partial charge in [0.1, 0.15) is 0 Å². The lowest BCUT2D eigenvalue weighted by atomic mass is 9.89. The van der Waals surface area contributed by atoms with Crippen LogP contribution in [0.2, 0.25) is 0 Å². The van der Waals surface area contributed by atoms with Crippen LogP contribution in [0.3, 0.4) is 0 Å². The number of hydrogen-bond acceptors (Lipinski definition) is 2. The normalized spacial score (nSPS) is 17.9. The van der Waals surface area contributed by atoms with Gasteiger partial charge in [-0.25, -0.2) is 0 Å². The lowest BCUT2D eigenvalue weighted by molar-refractivity contribution is -0.135. The largest absolute Gasteiger partial charge is 0.356 e. The van der Waals surface area contributed by atoms with Crippen LogP contribution in [-0.2, 0) is 28.9 Å². The van der Waals surface area contributed by atoms with E-state index in [4.69, 9.17) is 0 Å². The molecule has 0 spiro atoms. The molecule has 25 heavy (non-hydrogen) atoms. The van der Waals surface area contributed by atoms with Crippen LogP contribution in [0, 0.1) is 5.92 Å². The summed E-state index contributed by atoms with van der Waals surface area (Å²) in [6.45, 7) is 4.21. The van der Waals surface area contributed by atoms with Crippen LogP contribution in [0.4, 0.5) is 0 Å². The average Bonchev–Trinajstić information content (AvgIpc) is 2.66. The first kappa shape index (κ1) is 18.0. The Morgan fingerprint density at radius 3 is 2.56 bits per heavy atom. The van der Waals surface area contributed by atoms with Gasteiger partial charge in [-0.15, -0.1) is 0 Å². The summed E-state index contributed by atoms with van der Waals surface area (Å²) in [6, 6.07) is 6.56. The van der Waals surface area contributed by atoms with E-state index in [1.165, 1.54) is 30.4 Å². The maximum Gasteiger partial charge on any atom is 0.226 e. The van der Waals surface area contributed by atoms with Gasteiger partial charge in [0.25, 0.3) is 0 Å². The Labute approximate surface area is 151 Å². The number of aryl methyl sites for hydroxylation is 2. The fraction of sp³-hybridized carbons (Fsp3) is 0.619. The number of carbonyl (C=O) groups is 2. The number of piperidine rings is 1. The summed E-state index contributed by atoms with van der Waals surface area (Å²) in [4.78, 5) is 26.6. The number of fused-ring (bicyclic) bond motifs is 1. The quantitative estimate of drug-likeness (QED) is 0.894. The van der Waals surface area contributed by atoms with Gasteiger partial charge in [0, 0.05) is 25.6 Å². The van der Waals surface area contributed by atoms with E-state index in [0.717, 1.165) is 37.8 Å². The summed E-state index contributed by atoms with van der Waals surface area (Å²) >= 11 is 0. The van der Waals surface area contributed by atoms with E-state index >= 15 is 0 Å². The third-order valence-electron chi connectivity index (χ3n) is 5.54. The van der Waals surface area contributed by atoms with Crippen molar-refractivity contribution in [2.75, 3.05) is 19.6 Å². The zero-order valence-electron chi connectivity index (χ0n) is 15.4. The minimum absolute atomic E-state index is 0.0688. The number of nitrogens with zero attached hydrogens (tertiary/aromatic N) is 1. The van der Waals surface area contributed by atoms with Crippen molar-refractivity contribution in [2.45, 2.75) is 58.3 Å². The Morgan fingerprint density at radius 1 is 1.12 bits per heavy atom. The van der Waals surface area contributed by atoms with Crippen LogP contribution in [0.15, 0.2) is 18.2 Å². The van der Waals surface area contributed by atoms with Gasteiger partial charge >= 0.3 is 0 Å². The van der Waals surface area contributed by atoms with Crippen LogP contribution < -0.4 is 5.32 Å². The molecule has 1 heterocycles. The van der Waals surface area contributed by atoms with Crippen LogP contribution in [0.1, 0.15) is 55.7 Å². The van der Waals surface area contributed by atoms with Gasteiger partial charge in [0.2, 0.25) is 11.8 Å². The zero-order chi connectivity index (χ0) is 17.6. The van der Waals surface area contributed by atoms with Gasteiger partial charge in [0.05, 0.1) is 6.42 Å². The number of carbonyl (C=O) groups excluding carboxylic acids is 2. The van der Waals surface area contributed by atoms with Crippen LogP contribution in [0.5, 0.6) is 0 Å². The molecule has 0 unspecified atom stereocenters. The van der Waals surface area contributed by atoms with E-state index in [-0.39, 0.29) is 17.7 Å². The van der Waals surface area contributed by atoms with E-state index in [1.807, 2.05) is 4.90 Å². The minimum atomic E-state index is 0.0688. The molecule has 0 radical (unpaired) electrons. The summed E-state index contributed by atoms with van der Waals surface area (Å²) in [5.41, 5.74) is 4.03. The molecule has 1 saturated heterocycles.